The minimum absolute atomic E-state index is 0.0105. The van der Waals surface area contributed by atoms with Crippen LogP contribution in [-0.2, 0) is 4.79 Å². The van der Waals surface area contributed by atoms with Gasteiger partial charge in [0, 0.05) is 30.2 Å². The van der Waals surface area contributed by atoms with Gasteiger partial charge in [-0.15, -0.1) is 0 Å². The first-order valence-corrected chi connectivity index (χ1v) is 13.7. The van der Waals surface area contributed by atoms with Crippen molar-refractivity contribution >= 4 is 49.5 Å². The number of hydrogen-bond acceptors (Lipinski definition) is 7. The molecule has 38 heavy (non-hydrogen) atoms. The number of ketones is 1. The summed E-state index contributed by atoms with van der Waals surface area (Å²) in [4.78, 5) is 66.3. The van der Waals surface area contributed by atoms with Crippen molar-refractivity contribution in [3.05, 3.63) is 65.4 Å². The highest BCUT2D eigenvalue weighted by Crippen LogP contribution is 2.33. The second-order valence-electron chi connectivity index (χ2n) is 10.1. The second-order valence-corrected chi connectivity index (χ2v) is 10.1. The molecule has 0 unspecified atom stereocenters. The number of aromatic amines is 1. The summed E-state index contributed by atoms with van der Waals surface area (Å²) in [7, 11) is 0. The van der Waals surface area contributed by atoms with Gasteiger partial charge in [-0.1, -0.05) is 69.7 Å². The number of nitrogens with one attached hydrogen (secondary N) is 2. The molecule has 1 aromatic heterocycles. The second kappa shape index (κ2) is 12.2. The van der Waals surface area contributed by atoms with Gasteiger partial charge in [-0.05, 0) is 19.3 Å². The van der Waals surface area contributed by atoms with Gasteiger partial charge in [0.05, 0.1) is 32.9 Å². The van der Waals surface area contributed by atoms with Crippen molar-refractivity contribution in [2.75, 3.05) is 17.6 Å². The molecule has 0 saturated heterocycles. The Kier molecular flexibility index (Phi) is 8.71. The number of nitrogen functional groups attached to an aromatic ring is 1. The van der Waals surface area contributed by atoms with E-state index in [2.05, 4.69) is 17.2 Å². The first-order chi connectivity index (χ1) is 18.4. The number of unbranched alkanes of at least 4 members (excludes halogenated alkanes) is 7. The van der Waals surface area contributed by atoms with Crippen molar-refractivity contribution < 1.29 is 4.79 Å². The van der Waals surface area contributed by atoms with Crippen LogP contribution in [0.25, 0.3) is 32.3 Å². The Morgan fingerprint density at radius 1 is 0.737 bits per heavy atom. The van der Waals surface area contributed by atoms with E-state index in [9.17, 15) is 24.0 Å². The summed E-state index contributed by atoms with van der Waals surface area (Å²) >= 11 is 0. The highest BCUT2D eigenvalue weighted by molar-refractivity contribution is 6.21. The number of aromatic nitrogens is 1. The Labute approximate surface area is 219 Å². The van der Waals surface area contributed by atoms with E-state index in [-0.39, 0.29) is 43.7 Å². The molecule has 0 radical (unpaired) electrons. The van der Waals surface area contributed by atoms with E-state index in [0.717, 1.165) is 38.5 Å². The Morgan fingerprint density at radius 3 is 1.92 bits per heavy atom. The average Bonchev–Trinajstić information content (AvgIpc) is 3.21. The highest BCUT2D eigenvalue weighted by atomic mass is 16.2. The first-order valence-electron chi connectivity index (χ1n) is 13.7. The maximum Gasteiger partial charge on any atom is 0.261 e. The van der Waals surface area contributed by atoms with E-state index in [1.165, 1.54) is 19.3 Å². The third kappa shape index (κ3) is 5.39. The number of fused-ring (bicyclic) bond motifs is 3. The Hall–Kier alpha value is -3.81. The number of hydrogen-bond donors (Lipinski definition) is 3. The van der Waals surface area contributed by atoms with Crippen molar-refractivity contribution in [1.29, 1.82) is 0 Å². The molecule has 1 heterocycles. The molecule has 4 rings (SSSR count). The highest BCUT2D eigenvalue weighted by Gasteiger charge is 2.24. The van der Waals surface area contributed by atoms with Gasteiger partial charge in [-0.2, -0.15) is 0 Å². The molecule has 0 amide bonds. The van der Waals surface area contributed by atoms with Crippen molar-refractivity contribution in [2.24, 2.45) is 0 Å². The molecule has 200 valence electrons. The van der Waals surface area contributed by atoms with Crippen LogP contribution >= 0.6 is 0 Å². The summed E-state index contributed by atoms with van der Waals surface area (Å²) in [6.07, 6.45) is 10.3. The maximum absolute atomic E-state index is 13.5. The molecular formula is C30H35N3O5. The lowest BCUT2D eigenvalue weighted by Gasteiger charge is -2.13. The van der Waals surface area contributed by atoms with Crippen LogP contribution in [0.15, 0.2) is 43.4 Å². The van der Waals surface area contributed by atoms with Crippen LogP contribution in [-0.4, -0.2) is 17.3 Å². The molecule has 0 bridgehead atoms. The zero-order valence-corrected chi connectivity index (χ0v) is 21.9. The first kappa shape index (κ1) is 27.2. The van der Waals surface area contributed by atoms with Gasteiger partial charge in [0.25, 0.3) is 11.1 Å². The molecule has 0 aliphatic rings. The summed E-state index contributed by atoms with van der Waals surface area (Å²) in [6.45, 7) is 2.60. The predicted octanol–water partition coefficient (Wildman–Crippen LogP) is 4.66. The summed E-state index contributed by atoms with van der Waals surface area (Å²) < 4.78 is 0. The summed E-state index contributed by atoms with van der Waals surface area (Å²) in [5.74, 6) is 0.322. The van der Waals surface area contributed by atoms with Crippen molar-refractivity contribution in [2.45, 2.75) is 77.6 Å². The van der Waals surface area contributed by atoms with Gasteiger partial charge < -0.3 is 11.1 Å². The van der Waals surface area contributed by atoms with E-state index in [4.69, 9.17) is 5.73 Å². The molecule has 0 saturated carbocycles. The number of nitrogens with two attached hydrogens (primary N) is 1. The molecule has 4 N–H and O–H groups in total. The van der Waals surface area contributed by atoms with E-state index in [1.54, 1.807) is 24.3 Å². The molecule has 0 fully saturated rings. The van der Waals surface area contributed by atoms with Crippen molar-refractivity contribution in [3.8, 4) is 0 Å². The summed E-state index contributed by atoms with van der Waals surface area (Å²) in [5.41, 5.74) is 4.09. The number of rotatable bonds is 14. The average molecular weight is 518 g/mol. The van der Waals surface area contributed by atoms with Crippen LogP contribution in [0.3, 0.4) is 0 Å². The third-order valence-corrected chi connectivity index (χ3v) is 7.33. The zero-order chi connectivity index (χ0) is 27.2. The van der Waals surface area contributed by atoms with E-state index in [0.29, 0.717) is 25.2 Å². The van der Waals surface area contributed by atoms with Gasteiger partial charge in [0.2, 0.25) is 0 Å². The summed E-state index contributed by atoms with van der Waals surface area (Å²) in [5, 5.41) is 3.59. The lowest BCUT2D eigenvalue weighted by atomic mass is 9.96. The van der Waals surface area contributed by atoms with Gasteiger partial charge in [-0.3, -0.25) is 29.0 Å². The topological polar surface area (TPSA) is 139 Å². The minimum atomic E-state index is -0.678. The van der Waals surface area contributed by atoms with Crippen molar-refractivity contribution in [1.82, 2.24) is 4.98 Å². The predicted molar refractivity (Wildman–Crippen MR) is 155 cm³/mol. The normalized spacial score (nSPS) is 11.6. The largest absolute Gasteiger partial charge is 0.397 e. The Balaban J connectivity index is 1.48. The summed E-state index contributed by atoms with van der Waals surface area (Å²) in [6, 6.07) is 6.46. The fraction of sp³-hybridized carbons (Fsp3) is 0.433. The smallest absolute Gasteiger partial charge is 0.261 e. The molecule has 0 spiro atoms. The molecule has 8 heteroatoms. The molecular weight excluding hydrogens is 482 g/mol. The molecule has 0 aliphatic carbocycles. The number of Topliss-reactive ketones (excluding diaryl/α,β-unsaturated/α-hetero) is 1. The third-order valence-electron chi connectivity index (χ3n) is 7.33. The quantitative estimate of drug-likeness (QED) is 0.0956. The number of benzene rings is 3. The minimum Gasteiger partial charge on any atom is -0.397 e. The Bertz CT molecular complexity index is 1680. The van der Waals surface area contributed by atoms with E-state index < -0.39 is 22.0 Å². The van der Waals surface area contributed by atoms with Crippen LogP contribution in [0.2, 0.25) is 0 Å². The molecule has 4 aromatic rings. The van der Waals surface area contributed by atoms with Gasteiger partial charge >= 0.3 is 0 Å². The fourth-order valence-corrected chi connectivity index (χ4v) is 5.31. The number of carbonyl (C=O) groups is 1. The van der Waals surface area contributed by atoms with E-state index >= 15 is 0 Å². The number of anilines is 2. The lowest BCUT2D eigenvalue weighted by molar-refractivity contribution is -0.119. The number of carbonyl (C=O) groups excluding carboxylic acids is 1. The standard InChI is InChI=1S/C30H35N3O5/c1-2-3-4-5-8-13-18(34)14-9-6-7-12-17-32-26-23-21(25(31)22-24(26)30(38)33-29(22)37)27(35)19-15-10-11-16-20(19)28(23)36/h10-11,15-16,32H,2-9,12-14,17,31H2,1H3,(H,33,37,38). The van der Waals surface area contributed by atoms with Crippen LogP contribution in [0, 0.1) is 0 Å². The molecule has 8 nitrogen and oxygen atoms in total. The van der Waals surface area contributed by atoms with Gasteiger partial charge in [-0.25, -0.2) is 0 Å². The SMILES string of the molecule is CCCCCCCC(=O)CCCCCCNc1c2c(=O)[nH]c(=O)c2c(N)c2c(=O)c3ccccc3c(=O)c12. The number of H-pyrrole nitrogens is 1. The van der Waals surface area contributed by atoms with Crippen LogP contribution in [0.4, 0.5) is 11.4 Å². The Morgan fingerprint density at radius 2 is 1.29 bits per heavy atom. The lowest BCUT2D eigenvalue weighted by Crippen LogP contribution is -2.18. The van der Waals surface area contributed by atoms with Gasteiger partial charge in [0.15, 0.2) is 10.9 Å². The maximum atomic E-state index is 13.5. The van der Waals surface area contributed by atoms with Crippen molar-refractivity contribution in [3.63, 3.8) is 0 Å². The van der Waals surface area contributed by atoms with Gasteiger partial charge in [0.1, 0.15) is 5.78 Å². The fourth-order valence-electron chi connectivity index (χ4n) is 5.31. The van der Waals surface area contributed by atoms with Crippen LogP contribution < -0.4 is 33.0 Å². The molecule has 0 aliphatic heterocycles. The molecule has 3 aromatic carbocycles. The monoisotopic (exact) mass is 517 g/mol. The van der Waals surface area contributed by atoms with Crippen LogP contribution in [0.5, 0.6) is 0 Å². The van der Waals surface area contributed by atoms with E-state index in [1.807, 2.05) is 0 Å². The molecule has 0 atom stereocenters. The van der Waals surface area contributed by atoms with Crippen LogP contribution in [0.1, 0.15) is 77.6 Å². The zero-order valence-electron chi connectivity index (χ0n) is 21.9.